The highest BCUT2D eigenvalue weighted by molar-refractivity contribution is 5.87. The number of pyridine rings is 1. The Balaban J connectivity index is 1.69. The smallest absolute Gasteiger partial charge is 0.138 e. The number of rotatable bonds is 3. The van der Waals surface area contributed by atoms with Crippen LogP contribution in [-0.2, 0) is 13.0 Å². The van der Waals surface area contributed by atoms with Crippen LogP contribution in [-0.4, -0.2) is 28.0 Å². The molecule has 25 heavy (non-hydrogen) atoms. The molecule has 1 N–H and O–H groups in total. The van der Waals surface area contributed by atoms with Crippen molar-refractivity contribution in [3.8, 4) is 23.5 Å². The minimum absolute atomic E-state index is 0.701. The Bertz CT molecular complexity index is 959. The molecule has 0 bridgehead atoms. The molecule has 1 aliphatic heterocycles. The SMILES string of the molecule is C#Cc1c[nH]c2ncc(-c3ccc4c(c3)CN(CC(C)C)CC4)cc12. The van der Waals surface area contributed by atoms with Crippen molar-refractivity contribution in [3.63, 3.8) is 0 Å². The predicted octanol–water partition coefficient (Wildman–Crippen LogP) is 4.23. The fourth-order valence-electron chi connectivity index (χ4n) is 3.75. The van der Waals surface area contributed by atoms with Gasteiger partial charge in [0, 0.05) is 43.0 Å². The molecular weight excluding hydrogens is 306 g/mol. The molecule has 0 aliphatic carbocycles. The van der Waals surface area contributed by atoms with Gasteiger partial charge in [-0.3, -0.25) is 4.90 Å². The van der Waals surface area contributed by atoms with Crippen LogP contribution in [0.2, 0.25) is 0 Å². The van der Waals surface area contributed by atoms with Gasteiger partial charge in [0.2, 0.25) is 0 Å². The molecule has 0 unspecified atom stereocenters. The van der Waals surface area contributed by atoms with E-state index in [0.29, 0.717) is 5.92 Å². The molecule has 0 spiro atoms. The van der Waals surface area contributed by atoms with E-state index in [4.69, 9.17) is 6.42 Å². The van der Waals surface area contributed by atoms with E-state index in [-0.39, 0.29) is 0 Å². The van der Waals surface area contributed by atoms with Gasteiger partial charge in [0.05, 0.1) is 5.56 Å². The summed E-state index contributed by atoms with van der Waals surface area (Å²) in [6.45, 7) is 7.93. The summed E-state index contributed by atoms with van der Waals surface area (Å²) in [7, 11) is 0. The number of aromatic nitrogens is 2. The summed E-state index contributed by atoms with van der Waals surface area (Å²) in [5.74, 6) is 3.43. The van der Waals surface area contributed by atoms with Crippen LogP contribution in [0.5, 0.6) is 0 Å². The van der Waals surface area contributed by atoms with Gasteiger partial charge < -0.3 is 4.98 Å². The van der Waals surface area contributed by atoms with E-state index in [1.165, 1.54) is 16.7 Å². The molecule has 0 saturated carbocycles. The molecule has 3 aromatic rings. The zero-order chi connectivity index (χ0) is 17.4. The maximum absolute atomic E-state index is 5.59. The number of nitrogens with one attached hydrogen (secondary N) is 1. The molecule has 4 rings (SSSR count). The van der Waals surface area contributed by atoms with Crippen LogP contribution < -0.4 is 0 Å². The lowest BCUT2D eigenvalue weighted by Crippen LogP contribution is -2.33. The summed E-state index contributed by atoms with van der Waals surface area (Å²) in [4.78, 5) is 10.2. The van der Waals surface area contributed by atoms with E-state index in [1.807, 2.05) is 12.4 Å². The Labute approximate surface area is 149 Å². The van der Waals surface area contributed by atoms with Crippen molar-refractivity contribution >= 4 is 11.0 Å². The zero-order valence-corrected chi connectivity index (χ0v) is 14.8. The summed E-state index contributed by atoms with van der Waals surface area (Å²) in [6, 6.07) is 8.96. The van der Waals surface area contributed by atoms with Crippen LogP contribution >= 0.6 is 0 Å². The number of hydrogen-bond donors (Lipinski definition) is 1. The molecule has 0 radical (unpaired) electrons. The lowest BCUT2D eigenvalue weighted by Gasteiger charge is -2.30. The second-order valence-corrected chi connectivity index (χ2v) is 7.33. The van der Waals surface area contributed by atoms with Crippen molar-refractivity contribution in [1.29, 1.82) is 0 Å². The van der Waals surface area contributed by atoms with E-state index >= 15 is 0 Å². The summed E-state index contributed by atoms with van der Waals surface area (Å²) < 4.78 is 0. The van der Waals surface area contributed by atoms with Crippen molar-refractivity contribution in [2.75, 3.05) is 13.1 Å². The highest BCUT2D eigenvalue weighted by Gasteiger charge is 2.17. The van der Waals surface area contributed by atoms with Crippen molar-refractivity contribution in [2.24, 2.45) is 5.92 Å². The predicted molar refractivity (Wildman–Crippen MR) is 103 cm³/mol. The maximum Gasteiger partial charge on any atom is 0.138 e. The molecule has 3 heterocycles. The lowest BCUT2D eigenvalue weighted by molar-refractivity contribution is 0.226. The number of H-pyrrole nitrogens is 1. The number of nitrogens with zero attached hydrogens (tertiary/aromatic N) is 2. The second-order valence-electron chi connectivity index (χ2n) is 7.33. The van der Waals surface area contributed by atoms with Crippen LogP contribution in [0.3, 0.4) is 0 Å². The van der Waals surface area contributed by atoms with Gasteiger partial charge in [0.15, 0.2) is 0 Å². The third-order valence-electron chi connectivity index (χ3n) is 4.94. The molecule has 0 atom stereocenters. The van der Waals surface area contributed by atoms with E-state index in [1.54, 1.807) is 0 Å². The van der Waals surface area contributed by atoms with E-state index in [0.717, 1.165) is 48.2 Å². The minimum atomic E-state index is 0.701. The molecule has 3 nitrogen and oxygen atoms in total. The quantitative estimate of drug-likeness (QED) is 0.729. The maximum atomic E-state index is 5.59. The van der Waals surface area contributed by atoms with Gasteiger partial charge in [-0.05, 0) is 41.2 Å². The van der Waals surface area contributed by atoms with Crippen LogP contribution in [0.25, 0.3) is 22.2 Å². The average molecular weight is 329 g/mol. The Morgan fingerprint density at radius 3 is 2.92 bits per heavy atom. The third-order valence-corrected chi connectivity index (χ3v) is 4.94. The monoisotopic (exact) mass is 329 g/mol. The van der Waals surface area contributed by atoms with Crippen molar-refractivity contribution < 1.29 is 0 Å². The molecule has 126 valence electrons. The molecule has 3 heteroatoms. The Kier molecular flexibility index (Phi) is 4.07. The first-order valence-electron chi connectivity index (χ1n) is 8.92. The van der Waals surface area contributed by atoms with Gasteiger partial charge >= 0.3 is 0 Å². The number of hydrogen-bond acceptors (Lipinski definition) is 2. The number of fused-ring (bicyclic) bond motifs is 2. The molecule has 0 amide bonds. The van der Waals surface area contributed by atoms with E-state index in [2.05, 4.69) is 58.9 Å². The highest BCUT2D eigenvalue weighted by Crippen LogP contribution is 2.28. The number of benzene rings is 1. The van der Waals surface area contributed by atoms with Gasteiger partial charge in [-0.2, -0.15) is 0 Å². The molecule has 0 fully saturated rings. The molecule has 1 aliphatic rings. The standard InChI is InChI=1S/C22H23N3/c1-4-16-11-23-22-21(16)10-19(12-24-22)18-6-5-17-7-8-25(13-15(2)3)14-20(17)9-18/h1,5-6,9-12,15H,7-8,13-14H2,2-3H3,(H,23,24). The Morgan fingerprint density at radius 1 is 1.24 bits per heavy atom. The van der Waals surface area contributed by atoms with Gasteiger partial charge in [-0.25, -0.2) is 4.98 Å². The number of aromatic amines is 1. The third kappa shape index (κ3) is 3.06. The topological polar surface area (TPSA) is 31.9 Å². The first-order chi connectivity index (χ1) is 12.1. The van der Waals surface area contributed by atoms with Gasteiger partial charge in [0.25, 0.3) is 0 Å². The van der Waals surface area contributed by atoms with Crippen LogP contribution in [0.15, 0.2) is 36.7 Å². The second kappa shape index (κ2) is 6.38. The van der Waals surface area contributed by atoms with E-state index in [9.17, 15) is 0 Å². The highest BCUT2D eigenvalue weighted by atomic mass is 15.1. The van der Waals surface area contributed by atoms with Crippen molar-refractivity contribution in [2.45, 2.75) is 26.8 Å². The number of terminal acetylenes is 1. The zero-order valence-electron chi connectivity index (χ0n) is 14.8. The van der Waals surface area contributed by atoms with Gasteiger partial charge in [-0.15, -0.1) is 6.42 Å². The lowest BCUT2D eigenvalue weighted by atomic mass is 9.94. The first kappa shape index (κ1) is 15.9. The van der Waals surface area contributed by atoms with Gasteiger partial charge in [0.1, 0.15) is 5.65 Å². The largest absolute Gasteiger partial charge is 0.345 e. The molecule has 0 saturated heterocycles. The fraction of sp³-hybridized carbons (Fsp3) is 0.318. The molecule has 1 aromatic carbocycles. The molecular formula is C22H23N3. The van der Waals surface area contributed by atoms with Crippen LogP contribution in [0.1, 0.15) is 30.5 Å². The average Bonchev–Trinajstić information content (AvgIpc) is 3.02. The summed E-state index contributed by atoms with van der Waals surface area (Å²) in [6.07, 6.45) is 10.5. The van der Waals surface area contributed by atoms with Crippen molar-refractivity contribution in [1.82, 2.24) is 14.9 Å². The van der Waals surface area contributed by atoms with Crippen LogP contribution in [0, 0.1) is 18.3 Å². The normalized spacial score (nSPS) is 14.6. The first-order valence-corrected chi connectivity index (χ1v) is 8.92. The molecule has 2 aromatic heterocycles. The summed E-state index contributed by atoms with van der Waals surface area (Å²) in [5.41, 5.74) is 6.96. The fourth-order valence-corrected chi connectivity index (χ4v) is 3.75. The van der Waals surface area contributed by atoms with Gasteiger partial charge in [-0.1, -0.05) is 31.9 Å². The van der Waals surface area contributed by atoms with Crippen LogP contribution in [0.4, 0.5) is 0 Å². The van der Waals surface area contributed by atoms with Crippen molar-refractivity contribution in [3.05, 3.63) is 53.3 Å². The summed E-state index contributed by atoms with van der Waals surface area (Å²) >= 11 is 0. The Hall–Kier alpha value is -2.57. The van der Waals surface area contributed by atoms with E-state index < -0.39 is 0 Å². The minimum Gasteiger partial charge on any atom is -0.345 e. The Morgan fingerprint density at radius 2 is 2.12 bits per heavy atom. The summed E-state index contributed by atoms with van der Waals surface area (Å²) in [5, 5.41) is 1.01.